The number of amides is 1. The van der Waals surface area contributed by atoms with Crippen LogP contribution in [0, 0.1) is 6.92 Å². The summed E-state index contributed by atoms with van der Waals surface area (Å²) < 4.78 is 12.9. The summed E-state index contributed by atoms with van der Waals surface area (Å²) in [4.78, 5) is 12.4. The lowest BCUT2D eigenvalue weighted by Crippen LogP contribution is -2.17. The molecule has 1 unspecified atom stereocenters. The van der Waals surface area contributed by atoms with E-state index in [9.17, 15) is 4.79 Å². The van der Waals surface area contributed by atoms with Gasteiger partial charge in [-0.1, -0.05) is 6.07 Å². The molecule has 23 heavy (non-hydrogen) atoms. The fourth-order valence-electron chi connectivity index (χ4n) is 2.61. The van der Waals surface area contributed by atoms with Gasteiger partial charge < -0.3 is 14.8 Å². The molecule has 1 saturated heterocycles. The maximum atomic E-state index is 12.4. The van der Waals surface area contributed by atoms with Crippen LogP contribution in [-0.4, -0.2) is 35.0 Å². The van der Waals surface area contributed by atoms with E-state index in [4.69, 9.17) is 9.47 Å². The van der Waals surface area contributed by atoms with Crippen LogP contribution in [0.5, 0.6) is 5.75 Å². The van der Waals surface area contributed by atoms with E-state index in [1.165, 1.54) is 0 Å². The second-order valence-corrected chi connectivity index (χ2v) is 5.72. The first-order valence-corrected chi connectivity index (χ1v) is 7.78. The third-order valence-electron chi connectivity index (χ3n) is 3.80. The maximum Gasteiger partial charge on any atom is 0.256 e. The molecule has 122 valence electrons. The quantitative estimate of drug-likeness (QED) is 0.921. The number of carbonyl (C=O) groups excluding carboxylic acids is 1. The van der Waals surface area contributed by atoms with Gasteiger partial charge in [0.05, 0.1) is 11.8 Å². The van der Waals surface area contributed by atoms with Gasteiger partial charge in [-0.15, -0.1) is 0 Å². The molecule has 1 N–H and O–H groups in total. The van der Waals surface area contributed by atoms with Gasteiger partial charge in [-0.25, -0.2) is 0 Å². The zero-order valence-electron chi connectivity index (χ0n) is 13.4. The molecule has 0 bridgehead atoms. The molecule has 2 heterocycles. The highest BCUT2D eigenvalue weighted by molar-refractivity contribution is 6.04. The Hall–Kier alpha value is -2.34. The normalized spacial score (nSPS) is 17.2. The molecular weight excluding hydrogens is 294 g/mol. The first-order chi connectivity index (χ1) is 11.1. The average molecular weight is 315 g/mol. The number of anilines is 1. The summed E-state index contributed by atoms with van der Waals surface area (Å²) in [5.41, 5.74) is 1.41. The minimum atomic E-state index is -0.185. The Bertz CT molecular complexity index is 690. The Morgan fingerprint density at radius 3 is 3.04 bits per heavy atom. The molecule has 0 spiro atoms. The van der Waals surface area contributed by atoms with Gasteiger partial charge in [0.25, 0.3) is 5.91 Å². The van der Waals surface area contributed by atoms with Crippen molar-refractivity contribution in [2.75, 3.05) is 18.5 Å². The zero-order chi connectivity index (χ0) is 16.2. The third-order valence-corrected chi connectivity index (χ3v) is 3.80. The predicted molar refractivity (Wildman–Crippen MR) is 86.8 cm³/mol. The SMILES string of the molecule is Cc1cc(NC(=O)c2cccc(OCC3CCCO3)c2)n(C)n1. The summed E-state index contributed by atoms with van der Waals surface area (Å²) in [5, 5.41) is 7.07. The number of carbonyl (C=O) groups is 1. The maximum absolute atomic E-state index is 12.4. The largest absolute Gasteiger partial charge is 0.491 e. The number of hydrogen-bond acceptors (Lipinski definition) is 4. The van der Waals surface area contributed by atoms with Gasteiger partial charge in [0.1, 0.15) is 18.2 Å². The molecule has 2 aromatic rings. The molecule has 1 aliphatic rings. The van der Waals surface area contributed by atoms with Crippen molar-refractivity contribution >= 4 is 11.7 Å². The summed E-state index contributed by atoms with van der Waals surface area (Å²) in [5.74, 6) is 1.16. The molecule has 0 saturated carbocycles. The Morgan fingerprint density at radius 2 is 2.35 bits per heavy atom. The molecule has 1 atom stereocenters. The number of aromatic nitrogens is 2. The number of aryl methyl sites for hydroxylation is 2. The monoisotopic (exact) mass is 315 g/mol. The number of nitrogens with one attached hydrogen (secondary N) is 1. The number of ether oxygens (including phenoxy) is 2. The van der Waals surface area contributed by atoms with Gasteiger partial charge in [-0.3, -0.25) is 9.48 Å². The molecule has 3 rings (SSSR count). The molecule has 1 fully saturated rings. The minimum absolute atomic E-state index is 0.157. The molecular formula is C17H21N3O3. The van der Waals surface area contributed by atoms with E-state index >= 15 is 0 Å². The van der Waals surface area contributed by atoms with E-state index in [2.05, 4.69) is 10.4 Å². The molecule has 1 amide bonds. The van der Waals surface area contributed by atoms with Crippen molar-refractivity contribution in [1.82, 2.24) is 9.78 Å². The second-order valence-electron chi connectivity index (χ2n) is 5.72. The van der Waals surface area contributed by atoms with Gasteiger partial charge in [0.2, 0.25) is 0 Å². The van der Waals surface area contributed by atoms with Crippen LogP contribution in [0.4, 0.5) is 5.82 Å². The summed E-state index contributed by atoms with van der Waals surface area (Å²) in [6, 6.07) is 8.99. The Kier molecular flexibility index (Phi) is 4.62. The van der Waals surface area contributed by atoms with Crippen molar-refractivity contribution in [3.8, 4) is 5.75 Å². The van der Waals surface area contributed by atoms with Crippen LogP contribution in [0.25, 0.3) is 0 Å². The van der Waals surface area contributed by atoms with Crippen molar-refractivity contribution in [2.45, 2.75) is 25.9 Å². The minimum Gasteiger partial charge on any atom is -0.491 e. The fraction of sp³-hybridized carbons (Fsp3) is 0.412. The number of nitrogens with zero attached hydrogens (tertiary/aromatic N) is 2. The summed E-state index contributed by atoms with van der Waals surface area (Å²) >= 11 is 0. The molecule has 6 heteroatoms. The van der Waals surface area contributed by atoms with E-state index in [0.29, 0.717) is 23.7 Å². The Labute approximate surface area is 135 Å². The third kappa shape index (κ3) is 3.90. The summed E-state index contributed by atoms with van der Waals surface area (Å²) in [7, 11) is 1.80. The fourth-order valence-corrected chi connectivity index (χ4v) is 2.61. The molecule has 0 radical (unpaired) electrons. The highest BCUT2D eigenvalue weighted by atomic mass is 16.5. The van der Waals surface area contributed by atoms with Crippen LogP contribution in [0.3, 0.4) is 0 Å². The molecule has 1 aromatic heterocycles. The standard InChI is InChI=1S/C17H21N3O3/c1-12-9-16(20(2)19-12)18-17(21)13-5-3-6-14(10-13)23-11-15-7-4-8-22-15/h3,5-6,9-10,15H,4,7-8,11H2,1-2H3,(H,18,21). The number of rotatable bonds is 5. The van der Waals surface area contributed by atoms with E-state index in [0.717, 1.165) is 25.1 Å². The topological polar surface area (TPSA) is 65.4 Å². The van der Waals surface area contributed by atoms with Crippen LogP contribution in [0.1, 0.15) is 28.9 Å². The smallest absolute Gasteiger partial charge is 0.256 e. The van der Waals surface area contributed by atoms with Gasteiger partial charge in [-0.05, 0) is 38.0 Å². The Balaban J connectivity index is 1.63. The molecule has 1 aromatic carbocycles. The van der Waals surface area contributed by atoms with Crippen LogP contribution < -0.4 is 10.1 Å². The lowest BCUT2D eigenvalue weighted by molar-refractivity contribution is 0.0679. The van der Waals surface area contributed by atoms with Crippen LogP contribution in [0.2, 0.25) is 0 Å². The van der Waals surface area contributed by atoms with Crippen molar-refractivity contribution in [1.29, 1.82) is 0 Å². The highest BCUT2D eigenvalue weighted by Crippen LogP contribution is 2.18. The van der Waals surface area contributed by atoms with Crippen molar-refractivity contribution in [2.24, 2.45) is 7.05 Å². The molecule has 1 aliphatic heterocycles. The van der Waals surface area contributed by atoms with Crippen LogP contribution in [-0.2, 0) is 11.8 Å². The van der Waals surface area contributed by atoms with Crippen LogP contribution in [0.15, 0.2) is 30.3 Å². The Morgan fingerprint density at radius 1 is 1.48 bits per heavy atom. The van der Waals surface area contributed by atoms with Gasteiger partial charge in [-0.2, -0.15) is 5.10 Å². The molecule has 6 nitrogen and oxygen atoms in total. The number of benzene rings is 1. The van der Waals surface area contributed by atoms with Gasteiger partial charge in [0, 0.05) is 25.3 Å². The van der Waals surface area contributed by atoms with E-state index in [1.807, 2.05) is 25.1 Å². The first-order valence-electron chi connectivity index (χ1n) is 7.78. The average Bonchev–Trinajstić information content (AvgIpc) is 3.15. The van der Waals surface area contributed by atoms with E-state index in [1.54, 1.807) is 23.9 Å². The summed E-state index contributed by atoms with van der Waals surface area (Å²) in [6.07, 6.45) is 2.27. The van der Waals surface area contributed by atoms with Crippen molar-refractivity contribution < 1.29 is 14.3 Å². The second kappa shape index (κ2) is 6.83. The number of hydrogen-bond donors (Lipinski definition) is 1. The van der Waals surface area contributed by atoms with Gasteiger partial charge in [0.15, 0.2) is 0 Å². The van der Waals surface area contributed by atoms with Gasteiger partial charge >= 0.3 is 0 Å². The highest BCUT2D eigenvalue weighted by Gasteiger charge is 2.16. The predicted octanol–water partition coefficient (Wildman–Crippen LogP) is 2.54. The lowest BCUT2D eigenvalue weighted by atomic mass is 10.2. The lowest BCUT2D eigenvalue weighted by Gasteiger charge is -2.12. The first kappa shape index (κ1) is 15.6. The van der Waals surface area contributed by atoms with Crippen molar-refractivity contribution in [3.63, 3.8) is 0 Å². The molecule has 0 aliphatic carbocycles. The summed E-state index contributed by atoms with van der Waals surface area (Å²) in [6.45, 7) is 3.21. The van der Waals surface area contributed by atoms with Crippen LogP contribution >= 0.6 is 0 Å². The van der Waals surface area contributed by atoms with E-state index in [-0.39, 0.29) is 12.0 Å². The zero-order valence-corrected chi connectivity index (χ0v) is 13.4. The van der Waals surface area contributed by atoms with Crippen molar-refractivity contribution in [3.05, 3.63) is 41.6 Å². The van der Waals surface area contributed by atoms with E-state index < -0.39 is 0 Å².